The Bertz CT molecular complexity index is 413. The van der Waals surface area contributed by atoms with Crippen LogP contribution in [0.4, 0.5) is 14.5 Å². The highest BCUT2D eigenvalue weighted by molar-refractivity contribution is 5.51. The molecule has 1 aliphatic heterocycles. The first-order valence-corrected chi connectivity index (χ1v) is 4.94. The van der Waals surface area contributed by atoms with Gasteiger partial charge < -0.3 is 9.64 Å². The predicted octanol–water partition coefficient (Wildman–Crippen LogP) is 1.67. The minimum atomic E-state index is -0.816. The van der Waals surface area contributed by atoms with E-state index in [1.165, 1.54) is 18.2 Å². The van der Waals surface area contributed by atoms with Gasteiger partial charge in [0, 0.05) is 18.8 Å². The maximum atomic E-state index is 13.3. The summed E-state index contributed by atoms with van der Waals surface area (Å²) in [6.45, 7) is 2.29. The van der Waals surface area contributed by atoms with Crippen LogP contribution in [-0.4, -0.2) is 26.3 Å². The Hall–Kier alpha value is -1.67. The van der Waals surface area contributed by atoms with Gasteiger partial charge in [-0.25, -0.2) is 8.78 Å². The number of anilines is 1. The van der Waals surface area contributed by atoms with Gasteiger partial charge in [-0.3, -0.25) is 0 Å². The third-order valence-corrected chi connectivity index (χ3v) is 2.51. The normalized spacial score (nSPS) is 15.9. The van der Waals surface area contributed by atoms with Crippen molar-refractivity contribution in [2.75, 3.05) is 31.2 Å². The van der Waals surface area contributed by atoms with Crippen LogP contribution < -0.4 is 4.90 Å². The summed E-state index contributed by atoms with van der Waals surface area (Å²) in [5.41, 5.74) is -0.0747. The zero-order valence-electron chi connectivity index (χ0n) is 8.54. The van der Waals surface area contributed by atoms with Crippen molar-refractivity contribution in [1.29, 1.82) is 5.26 Å². The number of nitrogens with zero attached hydrogens (tertiary/aromatic N) is 2. The molecule has 1 heterocycles. The van der Waals surface area contributed by atoms with Crippen molar-refractivity contribution in [2.45, 2.75) is 0 Å². The van der Waals surface area contributed by atoms with E-state index in [9.17, 15) is 8.78 Å². The van der Waals surface area contributed by atoms with Crippen molar-refractivity contribution in [3.05, 3.63) is 29.3 Å². The molecule has 0 aliphatic carbocycles. The molecule has 0 saturated carbocycles. The molecule has 0 radical (unpaired) electrons. The number of ether oxygens (including phenoxy) is 1. The minimum Gasteiger partial charge on any atom is -0.378 e. The van der Waals surface area contributed by atoms with E-state index in [1.54, 1.807) is 0 Å². The van der Waals surface area contributed by atoms with Gasteiger partial charge in [-0.15, -0.1) is 0 Å². The van der Waals surface area contributed by atoms with Crippen LogP contribution in [0.25, 0.3) is 0 Å². The topological polar surface area (TPSA) is 36.3 Å². The lowest BCUT2D eigenvalue weighted by molar-refractivity contribution is 0.122. The van der Waals surface area contributed by atoms with E-state index in [1.807, 2.05) is 4.90 Å². The second kappa shape index (κ2) is 4.45. The molecule has 1 aromatic carbocycles. The Balaban J connectivity index is 2.32. The predicted molar refractivity (Wildman–Crippen MR) is 54.1 cm³/mol. The van der Waals surface area contributed by atoms with E-state index in [-0.39, 0.29) is 0 Å². The van der Waals surface area contributed by atoms with Gasteiger partial charge in [0.25, 0.3) is 0 Å². The number of rotatable bonds is 1. The van der Waals surface area contributed by atoms with Gasteiger partial charge in [-0.05, 0) is 12.1 Å². The fourth-order valence-corrected chi connectivity index (χ4v) is 1.67. The number of morpholine rings is 1. The quantitative estimate of drug-likeness (QED) is 0.728. The SMILES string of the molecule is N#Cc1c(F)cc(N2CCOCC2)cc1F. The lowest BCUT2D eigenvalue weighted by atomic mass is 10.1. The number of nitriles is 1. The molecule has 0 N–H and O–H groups in total. The van der Waals surface area contributed by atoms with Crippen LogP contribution in [0.3, 0.4) is 0 Å². The first-order chi connectivity index (χ1) is 7.72. The standard InChI is InChI=1S/C11H10F2N2O/c12-10-5-8(6-11(13)9(10)7-14)15-1-3-16-4-2-15/h5-6H,1-4H2. The van der Waals surface area contributed by atoms with Gasteiger partial charge in [-0.1, -0.05) is 0 Å². The third kappa shape index (κ3) is 1.97. The van der Waals surface area contributed by atoms with Crippen molar-refractivity contribution in [2.24, 2.45) is 0 Å². The van der Waals surface area contributed by atoms with Crippen LogP contribution >= 0.6 is 0 Å². The van der Waals surface area contributed by atoms with Gasteiger partial charge in [-0.2, -0.15) is 5.26 Å². The second-order valence-electron chi connectivity index (χ2n) is 3.50. The Morgan fingerprint density at radius 2 is 1.75 bits per heavy atom. The van der Waals surface area contributed by atoms with E-state index >= 15 is 0 Å². The number of hydrogen-bond donors (Lipinski definition) is 0. The van der Waals surface area contributed by atoms with E-state index in [2.05, 4.69) is 0 Å². The van der Waals surface area contributed by atoms with E-state index in [0.29, 0.717) is 32.0 Å². The fourth-order valence-electron chi connectivity index (χ4n) is 1.67. The van der Waals surface area contributed by atoms with Gasteiger partial charge in [0.05, 0.1) is 13.2 Å². The molecule has 1 fully saturated rings. The zero-order valence-corrected chi connectivity index (χ0v) is 8.54. The smallest absolute Gasteiger partial charge is 0.146 e. The fraction of sp³-hybridized carbons (Fsp3) is 0.364. The third-order valence-electron chi connectivity index (χ3n) is 2.51. The maximum Gasteiger partial charge on any atom is 0.146 e. The average Bonchev–Trinajstić information content (AvgIpc) is 2.30. The molecule has 1 aliphatic rings. The van der Waals surface area contributed by atoms with Crippen LogP contribution in [-0.2, 0) is 4.74 Å². The molecule has 0 atom stereocenters. The number of hydrogen-bond acceptors (Lipinski definition) is 3. The molecule has 1 saturated heterocycles. The summed E-state index contributed by atoms with van der Waals surface area (Å²) in [4.78, 5) is 1.83. The second-order valence-corrected chi connectivity index (χ2v) is 3.50. The van der Waals surface area contributed by atoms with Gasteiger partial charge >= 0.3 is 0 Å². The molecular formula is C11H10F2N2O. The number of benzene rings is 1. The lowest BCUT2D eigenvalue weighted by Crippen LogP contribution is -2.36. The van der Waals surface area contributed by atoms with Crippen molar-refractivity contribution in [3.8, 4) is 6.07 Å². The van der Waals surface area contributed by atoms with Crippen LogP contribution in [0, 0.1) is 23.0 Å². The summed E-state index contributed by atoms with van der Waals surface area (Å²) < 4.78 is 31.8. The highest BCUT2D eigenvalue weighted by Gasteiger charge is 2.16. The maximum absolute atomic E-state index is 13.3. The molecule has 0 spiro atoms. The molecule has 84 valence electrons. The summed E-state index contributed by atoms with van der Waals surface area (Å²) in [6, 6.07) is 3.88. The van der Waals surface area contributed by atoms with Gasteiger partial charge in [0.1, 0.15) is 23.3 Å². The van der Waals surface area contributed by atoms with Crippen LogP contribution in [0.15, 0.2) is 12.1 Å². The Morgan fingerprint density at radius 3 is 2.25 bits per heavy atom. The van der Waals surface area contributed by atoms with E-state index in [4.69, 9.17) is 10.00 Å². The summed E-state index contributed by atoms with van der Waals surface area (Å²) in [7, 11) is 0. The molecule has 0 amide bonds. The highest BCUT2D eigenvalue weighted by Crippen LogP contribution is 2.22. The Kier molecular flexibility index (Phi) is 3.02. The largest absolute Gasteiger partial charge is 0.378 e. The molecule has 0 aromatic heterocycles. The first kappa shape index (κ1) is 10.8. The van der Waals surface area contributed by atoms with Crippen LogP contribution in [0.1, 0.15) is 5.56 Å². The first-order valence-electron chi connectivity index (χ1n) is 4.94. The lowest BCUT2D eigenvalue weighted by Gasteiger charge is -2.28. The number of halogens is 2. The van der Waals surface area contributed by atoms with Crippen LogP contribution in [0.2, 0.25) is 0 Å². The molecule has 3 nitrogen and oxygen atoms in total. The highest BCUT2D eigenvalue weighted by atomic mass is 19.1. The summed E-state index contributed by atoms with van der Waals surface area (Å²) in [5, 5.41) is 8.54. The molecule has 1 aromatic rings. The summed E-state index contributed by atoms with van der Waals surface area (Å²) in [5.74, 6) is -1.63. The molecule has 0 bridgehead atoms. The molecule has 2 rings (SSSR count). The van der Waals surface area contributed by atoms with Crippen molar-refractivity contribution in [1.82, 2.24) is 0 Å². The molecule has 0 unspecified atom stereocenters. The van der Waals surface area contributed by atoms with Crippen molar-refractivity contribution >= 4 is 5.69 Å². The van der Waals surface area contributed by atoms with Gasteiger partial charge in [0.15, 0.2) is 0 Å². The molecule has 5 heteroatoms. The minimum absolute atomic E-state index is 0.456. The Labute approximate surface area is 91.8 Å². The average molecular weight is 224 g/mol. The molecular weight excluding hydrogens is 214 g/mol. The summed E-state index contributed by atoms with van der Waals surface area (Å²) >= 11 is 0. The zero-order chi connectivity index (χ0) is 11.5. The van der Waals surface area contributed by atoms with E-state index < -0.39 is 17.2 Å². The van der Waals surface area contributed by atoms with Crippen molar-refractivity contribution < 1.29 is 13.5 Å². The van der Waals surface area contributed by atoms with Gasteiger partial charge in [0.2, 0.25) is 0 Å². The summed E-state index contributed by atoms with van der Waals surface area (Å²) in [6.07, 6.45) is 0. The van der Waals surface area contributed by atoms with Crippen LogP contribution in [0.5, 0.6) is 0 Å². The van der Waals surface area contributed by atoms with Crippen molar-refractivity contribution in [3.63, 3.8) is 0 Å². The monoisotopic (exact) mass is 224 g/mol. The molecule has 16 heavy (non-hydrogen) atoms. The Morgan fingerprint density at radius 1 is 1.19 bits per heavy atom. The van der Waals surface area contributed by atoms with E-state index in [0.717, 1.165) is 0 Å².